The molecule has 1 N–H and O–H groups in total. The van der Waals surface area contributed by atoms with E-state index < -0.39 is 12.1 Å². The summed E-state index contributed by atoms with van der Waals surface area (Å²) in [4.78, 5) is 31.2. The Morgan fingerprint density at radius 2 is 1.84 bits per heavy atom. The first-order valence-corrected chi connectivity index (χ1v) is 11.0. The third-order valence-electron chi connectivity index (χ3n) is 4.99. The van der Waals surface area contributed by atoms with Crippen LogP contribution in [0.3, 0.4) is 0 Å². The quantitative estimate of drug-likeness (QED) is 0.398. The van der Waals surface area contributed by atoms with E-state index in [9.17, 15) is 9.59 Å². The van der Waals surface area contributed by atoms with Gasteiger partial charge >= 0.3 is 5.97 Å². The first kappa shape index (κ1) is 20.8. The molecule has 6 heteroatoms. The second-order valence-electron chi connectivity index (χ2n) is 7.14. The zero-order valence-corrected chi connectivity index (χ0v) is 18.1. The lowest BCUT2D eigenvalue weighted by molar-refractivity contribution is -0.123. The molecule has 0 spiro atoms. The van der Waals surface area contributed by atoms with Crippen molar-refractivity contribution in [1.29, 1.82) is 0 Å². The number of pyridine rings is 1. The number of fused-ring (bicyclic) bond motifs is 1. The summed E-state index contributed by atoms with van der Waals surface area (Å²) in [5, 5.41) is 5.45. The number of esters is 1. The summed E-state index contributed by atoms with van der Waals surface area (Å²) in [7, 11) is 0. The van der Waals surface area contributed by atoms with E-state index in [0.29, 0.717) is 27.8 Å². The number of aromatic nitrogens is 1. The van der Waals surface area contributed by atoms with Crippen molar-refractivity contribution < 1.29 is 14.3 Å². The Morgan fingerprint density at radius 3 is 2.55 bits per heavy atom. The fraction of sp³-hybridized carbons (Fsp3) is 0.160. The zero-order chi connectivity index (χ0) is 21.8. The largest absolute Gasteiger partial charge is 0.449 e. The highest BCUT2D eigenvalue weighted by Crippen LogP contribution is 2.28. The summed E-state index contributed by atoms with van der Waals surface area (Å²) in [5.74, 6) is -0.935. The molecule has 2 aromatic heterocycles. The standard InChI is InChI=1S/C25H22N2O3S/c1-3-17-10-12-18(13-11-17)26-24(28)16(2)30-25(29)20-15-22(23-9-6-14-31-23)27-21-8-5-4-7-19(20)21/h4-16H,3H2,1-2H3,(H,26,28)/t16-/m1/s1. The Kier molecular flexibility index (Phi) is 6.09. The van der Waals surface area contributed by atoms with Gasteiger partial charge in [0.1, 0.15) is 0 Å². The number of para-hydroxylation sites is 1. The highest BCUT2D eigenvalue weighted by Gasteiger charge is 2.22. The molecule has 5 nitrogen and oxygen atoms in total. The molecule has 0 aliphatic rings. The van der Waals surface area contributed by atoms with Crippen LogP contribution in [0.25, 0.3) is 21.5 Å². The number of anilines is 1. The number of benzene rings is 2. The minimum atomic E-state index is -0.949. The molecule has 1 atom stereocenters. The Balaban J connectivity index is 1.55. The zero-order valence-electron chi connectivity index (χ0n) is 17.3. The van der Waals surface area contributed by atoms with Crippen LogP contribution < -0.4 is 5.32 Å². The summed E-state index contributed by atoms with van der Waals surface area (Å²) in [6.07, 6.45) is -0.0225. The number of ether oxygens (including phenoxy) is 1. The van der Waals surface area contributed by atoms with Gasteiger partial charge in [0, 0.05) is 11.1 Å². The van der Waals surface area contributed by atoms with E-state index in [4.69, 9.17) is 4.74 Å². The van der Waals surface area contributed by atoms with Crippen molar-refractivity contribution in [1.82, 2.24) is 4.98 Å². The fourth-order valence-corrected chi connectivity index (χ4v) is 3.93. The topological polar surface area (TPSA) is 68.3 Å². The van der Waals surface area contributed by atoms with Gasteiger partial charge in [-0.2, -0.15) is 0 Å². The van der Waals surface area contributed by atoms with Gasteiger partial charge in [-0.05, 0) is 54.6 Å². The van der Waals surface area contributed by atoms with Gasteiger partial charge in [-0.15, -0.1) is 11.3 Å². The number of carbonyl (C=O) groups excluding carboxylic acids is 2. The molecule has 0 aliphatic carbocycles. The number of amides is 1. The molecule has 0 aliphatic heterocycles. The average molecular weight is 431 g/mol. The molecule has 1 amide bonds. The van der Waals surface area contributed by atoms with E-state index in [1.807, 2.05) is 66.0 Å². The molecule has 156 valence electrons. The van der Waals surface area contributed by atoms with E-state index in [1.54, 1.807) is 24.3 Å². The van der Waals surface area contributed by atoms with Gasteiger partial charge in [0.05, 0.1) is 21.7 Å². The number of hydrogen-bond acceptors (Lipinski definition) is 5. The number of rotatable bonds is 6. The van der Waals surface area contributed by atoms with E-state index in [2.05, 4.69) is 17.2 Å². The maximum atomic E-state index is 13.0. The van der Waals surface area contributed by atoms with Gasteiger partial charge in [0.2, 0.25) is 0 Å². The van der Waals surface area contributed by atoms with Crippen molar-refractivity contribution in [2.75, 3.05) is 5.32 Å². The van der Waals surface area contributed by atoms with Crippen molar-refractivity contribution in [2.24, 2.45) is 0 Å². The predicted molar refractivity (Wildman–Crippen MR) is 124 cm³/mol. The van der Waals surface area contributed by atoms with Crippen LogP contribution in [0.1, 0.15) is 29.8 Å². The summed E-state index contributed by atoms with van der Waals surface area (Å²) >= 11 is 1.55. The van der Waals surface area contributed by atoms with Crippen LogP contribution >= 0.6 is 11.3 Å². The second kappa shape index (κ2) is 9.10. The van der Waals surface area contributed by atoms with Crippen molar-refractivity contribution in [2.45, 2.75) is 26.4 Å². The van der Waals surface area contributed by atoms with Gasteiger partial charge in [-0.3, -0.25) is 4.79 Å². The molecule has 0 saturated heterocycles. The van der Waals surface area contributed by atoms with Crippen molar-refractivity contribution in [3.05, 3.63) is 83.2 Å². The second-order valence-corrected chi connectivity index (χ2v) is 8.08. The number of aryl methyl sites for hydroxylation is 1. The summed E-state index contributed by atoms with van der Waals surface area (Å²) < 4.78 is 5.52. The first-order chi connectivity index (χ1) is 15.0. The molecule has 0 radical (unpaired) electrons. The van der Waals surface area contributed by atoms with Crippen LogP contribution in [0.15, 0.2) is 72.1 Å². The van der Waals surface area contributed by atoms with Crippen LogP contribution in [0.5, 0.6) is 0 Å². The third-order valence-corrected chi connectivity index (χ3v) is 5.88. The summed E-state index contributed by atoms with van der Waals surface area (Å²) in [5.41, 5.74) is 3.64. The van der Waals surface area contributed by atoms with E-state index in [1.165, 1.54) is 5.56 Å². The molecule has 2 heterocycles. The fourth-order valence-electron chi connectivity index (χ4n) is 3.24. The van der Waals surface area contributed by atoms with Crippen molar-refractivity contribution >= 4 is 39.8 Å². The summed E-state index contributed by atoms with van der Waals surface area (Å²) in [6.45, 7) is 3.64. The lowest BCUT2D eigenvalue weighted by Gasteiger charge is -2.15. The van der Waals surface area contributed by atoms with Crippen LogP contribution in [0.4, 0.5) is 5.69 Å². The number of thiophene rings is 1. The predicted octanol–water partition coefficient (Wildman–Crippen LogP) is 5.71. The van der Waals surface area contributed by atoms with E-state index in [0.717, 1.165) is 11.3 Å². The van der Waals surface area contributed by atoms with Gasteiger partial charge in [-0.25, -0.2) is 9.78 Å². The van der Waals surface area contributed by atoms with Gasteiger partial charge < -0.3 is 10.1 Å². The number of nitrogens with one attached hydrogen (secondary N) is 1. The third kappa shape index (κ3) is 4.64. The van der Waals surface area contributed by atoms with Crippen molar-refractivity contribution in [3.63, 3.8) is 0 Å². The molecule has 0 unspecified atom stereocenters. The monoisotopic (exact) mass is 430 g/mol. The van der Waals surface area contributed by atoms with Crippen LogP contribution in [-0.4, -0.2) is 23.0 Å². The Bertz CT molecular complexity index is 1220. The lowest BCUT2D eigenvalue weighted by Crippen LogP contribution is -2.30. The molecule has 4 rings (SSSR count). The minimum absolute atomic E-state index is 0.380. The van der Waals surface area contributed by atoms with Crippen molar-refractivity contribution in [3.8, 4) is 10.6 Å². The van der Waals surface area contributed by atoms with Gasteiger partial charge in [-0.1, -0.05) is 43.3 Å². The van der Waals surface area contributed by atoms with Crippen LogP contribution in [0, 0.1) is 0 Å². The van der Waals surface area contributed by atoms with Crippen LogP contribution in [-0.2, 0) is 16.0 Å². The Hall–Kier alpha value is -3.51. The Labute approximate surface area is 184 Å². The SMILES string of the molecule is CCc1ccc(NC(=O)[C@@H](C)OC(=O)c2cc(-c3cccs3)nc3ccccc23)cc1. The molecular weight excluding hydrogens is 408 g/mol. The molecule has 0 bridgehead atoms. The van der Waals surface area contributed by atoms with Gasteiger partial charge in [0.25, 0.3) is 5.91 Å². The molecule has 2 aromatic carbocycles. The molecule has 0 fully saturated rings. The smallest absolute Gasteiger partial charge is 0.339 e. The van der Waals surface area contributed by atoms with Gasteiger partial charge in [0.15, 0.2) is 6.10 Å². The lowest BCUT2D eigenvalue weighted by atomic mass is 10.1. The normalized spacial score (nSPS) is 11.8. The average Bonchev–Trinajstić information content (AvgIpc) is 3.33. The highest BCUT2D eigenvalue weighted by molar-refractivity contribution is 7.13. The molecule has 4 aromatic rings. The Morgan fingerprint density at radius 1 is 1.06 bits per heavy atom. The first-order valence-electron chi connectivity index (χ1n) is 10.1. The van der Waals surface area contributed by atoms with Crippen LogP contribution in [0.2, 0.25) is 0 Å². The molecule has 0 saturated carbocycles. The summed E-state index contributed by atoms with van der Waals surface area (Å²) in [6, 6.07) is 20.6. The minimum Gasteiger partial charge on any atom is -0.449 e. The molecular formula is C25H22N2O3S. The maximum Gasteiger partial charge on any atom is 0.339 e. The highest BCUT2D eigenvalue weighted by atomic mass is 32.1. The number of hydrogen-bond donors (Lipinski definition) is 1. The number of nitrogens with zero attached hydrogens (tertiary/aromatic N) is 1. The molecule has 31 heavy (non-hydrogen) atoms. The van der Waals surface area contributed by atoms with E-state index in [-0.39, 0.29) is 5.91 Å². The van der Waals surface area contributed by atoms with E-state index >= 15 is 0 Å². The number of carbonyl (C=O) groups is 2. The maximum absolute atomic E-state index is 13.0.